The Morgan fingerprint density at radius 3 is 2.55 bits per heavy atom. The molecule has 2 N–H and O–H groups in total. The quantitative estimate of drug-likeness (QED) is 0.908. The molecular formula is C15H17ClN4O2. The van der Waals surface area contributed by atoms with Gasteiger partial charge >= 0.3 is 6.03 Å². The number of likely N-dealkylation sites (N-methyl/N-ethyl adjacent to an activating group) is 1. The molecule has 0 aliphatic rings. The van der Waals surface area contributed by atoms with Crippen molar-refractivity contribution in [3.63, 3.8) is 0 Å². The Bertz CT molecular complexity index is 668. The van der Waals surface area contributed by atoms with E-state index in [2.05, 4.69) is 10.6 Å². The zero-order valence-corrected chi connectivity index (χ0v) is 13.1. The van der Waals surface area contributed by atoms with Crippen LogP contribution in [0.4, 0.5) is 10.5 Å². The third-order valence-electron chi connectivity index (χ3n) is 2.99. The smallest absolute Gasteiger partial charge is 0.319 e. The van der Waals surface area contributed by atoms with Crippen molar-refractivity contribution in [1.82, 2.24) is 14.8 Å². The van der Waals surface area contributed by atoms with Crippen LogP contribution in [0.15, 0.2) is 42.7 Å². The molecule has 0 saturated carbocycles. The molecule has 7 heteroatoms. The van der Waals surface area contributed by atoms with Gasteiger partial charge in [-0.3, -0.25) is 4.79 Å². The summed E-state index contributed by atoms with van der Waals surface area (Å²) in [6.07, 6.45) is 3.70. The molecule has 22 heavy (non-hydrogen) atoms. The largest absolute Gasteiger partial charge is 0.347 e. The second kappa shape index (κ2) is 7.00. The van der Waals surface area contributed by atoms with Gasteiger partial charge in [-0.1, -0.05) is 11.6 Å². The summed E-state index contributed by atoms with van der Waals surface area (Å²) >= 11 is 6.02. The minimum Gasteiger partial charge on any atom is -0.347 e. The van der Waals surface area contributed by atoms with Gasteiger partial charge in [0.15, 0.2) is 0 Å². The number of carbonyl (C=O) groups is 2. The molecule has 0 atom stereocenters. The molecule has 0 aliphatic carbocycles. The highest BCUT2D eigenvalue weighted by atomic mass is 35.5. The molecule has 3 amide bonds. The second-order valence-electron chi connectivity index (χ2n) is 4.85. The zero-order valence-electron chi connectivity index (χ0n) is 12.3. The van der Waals surface area contributed by atoms with Gasteiger partial charge in [-0.25, -0.2) is 4.79 Å². The molecule has 0 aliphatic heterocycles. The standard InChI is InChI=1S/C15H17ClN4O2/c1-19(2)14(21)10-17-15(22)18-12-6-5-11(16)9-13(12)20-7-3-4-8-20/h3-9H,10H2,1-2H3,(H2,17,18,22). The number of hydrogen-bond donors (Lipinski definition) is 2. The van der Waals surface area contributed by atoms with Gasteiger partial charge in [0.1, 0.15) is 0 Å². The molecule has 1 aromatic carbocycles. The summed E-state index contributed by atoms with van der Waals surface area (Å²) in [5.41, 5.74) is 1.34. The van der Waals surface area contributed by atoms with Gasteiger partial charge in [0.05, 0.1) is 17.9 Å². The number of anilines is 1. The Balaban J connectivity index is 2.10. The van der Waals surface area contributed by atoms with E-state index in [1.807, 2.05) is 29.1 Å². The van der Waals surface area contributed by atoms with Crippen LogP contribution in [0.25, 0.3) is 5.69 Å². The van der Waals surface area contributed by atoms with E-state index in [-0.39, 0.29) is 12.5 Å². The summed E-state index contributed by atoms with van der Waals surface area (Å²) < 4.78 is 1.84. The molecule has 0 bridgehead atoms. The number of carbonyl (C=O) groups excluding carboxylic acids is 2. The van der Waals surface area contributed by atoms with E-state index in [0.717, 1.165) is 5.69 Å². The lowest BCUT2D eigenvalue weighted by Crippen LogP contribution is -2.38. The number of amides is 3. The van der Waals surface area contributed by atoms with Crippen LogP contribution < -0.4 is 10.6 Å². The first-order chi connectivity index (χ1) is 10.5. The highest BCUT2D eigenvalue weighted by molar-refractivity contribution is 6.30. The fourth-order valence-corrected chi connectivity index (χ4v) is 1.97. The average Bonchev–Trinajstić information content (AvgIpc) is 3.00. The summed E-state index contributed by atoms with van der Waals surface area (Å²) in [5, 5.41) is 5.80. The maximum atomic E-state index is 11.9. The number of hydrogen-bond acceptors (Lipinski definition) is 2. The minimum atomic E-state index is -0.453. The lowest BCUT2D eigenvalue weighted by molar-refractivity contribution is -0.127. The van der Waals surface area contributed by atoms with E-state index >= 15 is 0 Å². The van der Waals surface area contributed by atoms with Crippen molar-refractivity contribution in [2.24, 2.45) is 0 Å². The first-order valence-corrected chi connectivity index (χ1v) is 7.03. The molecule has 0 unspecified atom stereocenters. The van der Waals surface area contributed by atoms with Crippen LogP contribution in [-0.2, 0) is 4.79 Å². The summed E-state index contributed by atoms with van der Waals surface area (Å²) in [6.45, 7) is -0.0642. The van der Waals surface area contributed by atoms with Crippen molar-refractivity contribution >= 4 is 29.2 Å². The zero-order chi connectivity index (χ0) is 16.1. The molecular weight excluding hydrogens is 304 g/mol. The van der Waals surface area contributed by atoms with Crippen molar-refractivity contribution in [2.75, 3.05) is 26.0 Å². The number of nitrogens with one attached hydrogen (secondary N) is 2. The van der Waals surface area contributed by atoms with E-state index in [0.29, 0.717) is 10.7 Å². The Morgan fingerprint density at radius 2 is 1.91 bits per heavy atom. The minimum absolute atomic E-state index is 0.0642. The summed E-state index contributed by atoms with van der Waals surface area (Å²) in [7, 11) is 3.26. The van der Waals surface area contributed by atoms with Crippen molar-refractivity contribution in [1.29, 1.82) is 0 Å². The van der Waals surface area contributed by atoms with E-state index in [4.69, 9.17) is 11.6 Å². The number of halogens is 1. The summed E-state index contributed by atoms with van der Waals surface area (Å²) in [4.78, 5) is 24.8. The molecule has 6 nitrogen and oxygen atoms in total. The summed E-state index contributed by atoms with van der Waals surface area (Å²) in [5.74, 6) is -0.183. The fourth-order valence-electron chi connectivity index (χ4n) is 1.80. The Labute approximate surface area is 133 Å². The molecule has 0 spiro atoms. The molecule has 2 aromatic rings. The van der Waals surface area contributed by atoms with Crippen molar-refractivity contribution < 1.29 is 9.59 Å². The average molecular weight is 321 g/mol. The van der Waals surface area contributed by atoms with Gasteiger partial charge in [-0.2, -0.15) is 0 Å². The second-order valence-corrected chi connectivity index (χ2v) is 5.28. The third-order valence-corrected chi connectivity index (χ3v) is 3.22. The van der Waals surface area contributed by atoms with E-state index in [1.54, 1.807) is 32.3 Å². The molecule has 0 saturated heterocycles. The van der Waals surface area contributed by atoms with Crippen molar-refractivity contribution in [2.45, 2.75) is 0 Å². The van der Waals surface area contributed by atoms with Gasteiger partial charge in [-0.05, 0) is 30.3 Å². The number of urea groups is 1. The van der Waals surface area contributed by atoms with E-state index < -0.39 is 6.03 Å². The van der Waals surface area contributed by atoms with Crippen LogP contribution in [0, 0.1) is 0 Å². The first-order valence-electron chi connectivity index (χ1n) is 6.65. The van der Waals surface area contributed by atoms with Crippen LogP contribution in [0.1, 0.15) is 0 Å². The molecule has 0 fully saturated rings. The van der Waals surface area contributed by atoms with Crippen LogP contribution >= 0.6 is 11.6 Å². The number of nitrogens with zero attached hydrogens (tertiary/aromatic N) is 2. The number of aromatic nitrogens is 1. The molecule has 1 heterocycles. The summed E-state index contributed by atoms with van der Waals surface area (Å²) in [6, 6.07) is 8.45. The van der Waals surface area contributed by atoms with Gasteiger partial charge in [0.2, 0.25) is 5.91 Å². The van der Waals surface area contributed by atoms with Gasteiger partial charge in [-0.15, -0.1) is 0 Å². The molecule has 1 aromatic heterocycles. The highest BCUT2D eigenvalue weighted by Gasteiger charge is 2.10. The predicted octanol–water partition coefficient (Wildman–Crippen LogP) is 2.34. The Hall–Kier alpha value is -2.47. The normalized spacial score (nSPS) is 10.1. The van der Waals surface area contributed by atoms with Crippen LogP contribution in [0.3, 0.4) is 0 Å². The highest BCUT2D eigenvalue weighted by Crippen LogP contribution is 2.24. The molecule has 2 rings (SSSR count). The maximum Gasteiger partial charge on any atom is 0.319 e. The number of rotatable bonds is 4. The molecule has 116 valence electrons. The third kappa shape index (κ3) is 4.02. The van der Waals surface area contributed by atoms with Gasteiger partial charge in [0, 0.05) is 31.5 Å². The van der Waals surface area contributed by atoms with E-state index in [9.17, 15) is 9.59 Å². The topological polar surface area (TPSA) is 66.4 Å². The predicted molar refractivity (Wildman–Crippen MR) is 86.5 cm³/mol. The van der Waals surface area contributed by atoms with Crippen LogP contribution in [-0.4, -0.2) is 42.0 Å². The Kier molecular flexibility index (Phi) is 5.06. The van der Waals surface area contributed by atoms with E-state index in [1.165, 1.54) is 4.90 Å². The monoisotopic (exact) mass is 320 g/mol. The number of benzene rings is 1. The first kappa shape index (κ1) is 15.9. The maximum absolute atomic E-state index is 11.9. The van der Waals surface area contributed by atoms with Gasteiger partial charge < -0.3 is 20.1 Å². The van der Waals surface area contributed by atoms with Crippen LogP contribution in [0.2, 0.25) is 5.02 Å². The lowest BCUT2D eigenvalue weighted by Gasteiger charge is -2.14. The van der Waals surface area contributed by atoms with Crippen LogP contribution in [0.5, 0.6) is 0 Å². The van der Waals surface area contributed by atoms with Crippen molar-refractivity contribution in [3.8, 4) is 5.69 Å². The van der Waals surface area contributed by atoms with Gasteiger partial charge in [0.25, 0.3) is 0 Å². The fraction of sp³-hybridized carbons (Fsp3) is 0.200. The Morgan fingerprint density at radius 1 is 1.23 bits per heavy atom. The SMILES string of the molecule is CN(C)C(=O)CNC(=O)Nc1ccc(Cl)cc1-n1cccc1. The molecule has 0 radical (unpaired) electrons. The lowest BCUT2D eigenvalue weighted by atomic mass is 10.2. The van der Waals surface area contributed by atoms with Crippen molar-refractivity contribution in [3.05, 3.63) is 47.7 Å².